The van der Waals surface area contributed by atoms with Crippen LogP contribution >= 0.6 is 23.2 Å². The molecular formula is C18H16Cl2N5O3+. The number of rotatable bonds is 5. The molecule has 8 nitrogen and oxygen atoms in total. The number of aliphatic hydroxyl groups excluding tert-OH is 1. The molecule has 3 aromatic rings. The predicted octanol–water partition coefficient (Wildman–Crippen LogP) is 2.18. The van der Waals surface area contributed by atoms with E-state index in [2.05, 4.69) is 20.1 Å². The van der Waals surface area contributed by atoms with E-state index in [4.69, 9.17) is 37.6 Å². The number of aliphatic hydroxyl groups is 1. The predicted molar refractivity (Wildman–Crippen MR) is 99.7 cm³/mol. The summed E-state index contributed by atoms with van der Waals surface area (Å²) in [5.41, 5.74) is 2.09. The van der Waals surface area contributed by atoms with E-state index < -0.39 is 12.1 Å². The topological polar surface area (TPSA) is 99.5 Å². The highest BCUT2D eigenvalue weighted by Gasteiger charge is 2.28. The second-order valence-corrected chi connectivity index (χ2v) is 7.16. The van der Waals surface area contributed by atoms with Crippen molar-refractivity contribution in [3.63, 3.8) is 0 Å². The van der Waals surface area contributed by atoms with Crippen LogP contribution in [0.4, 0.5) is 0 Å². The van der Waals surface area contributed by atoms with Crippen molar-refractivity contribution in [1.82, 2.24) is 15.1 Å². The first-order valence-corrected chi connectivity index (χ1v) is 9.24. The molecular weight excluding hydrogens is 405 g/mol. The van der Waals surface area contributed by atoms with Gasteiger partial charge in [0.25, 0.3) is 11.9 Å². The summed E-state index contributed by atoms with van der Waals surface area (Å²) in [6.45, 7) is 3.48. The second kappa shape index (κ2) is 7.46. The number of ether oxygens (including phenoxy) is 1. The molecule has 1 aromatic carbocycles. The number of halogens is 2. The smallest absolute Gasteiger partial charge is 0.341 e. The molecule has 10 heteroatoms. The molecule has 0 amide bonds. The van der Waals surface area contributed by atoms with Crippen LogP contribution in [0.5, 0.6) is 5.75 Å². The van der Waals surface area contributed by atoms with E-state index in [1.54, 1.807) is 25.3 Å². The molecule has 3 heterocycles. The fourth-order valence-corrected chi connectivity index (χ4v) is 3.15. The molecule has 1 unspecified atom stereocenters. The Kier molecular flexibility index (Phi) is 5.01. The average molecular weight is 421 g/mol. The zero-order valence-corrected chi connectivity index (χ0v) is 16.5. The van der Waals surface area contributed by atoms with Gasteiger partial charge in [0.05, 0.1) is 22.3 Å². The molecule has 0 saturated carbocycles. The van der Waals surface area contributed by atoms with Gasteiger partial charge in [-0.05, 0) is 19.9 Å². The Balaban J connectivity index is 1.64. The van der Waals surface area contributed by atoms with Gasteiger partial charge in [0.15, 0.2) is 0 Å². The first kappa shape index (κ1) is 18.8. The Bertz CT molecular complexity index is 1160. The van der Waals surface area contributed by atoms with Gasteiger partial charge in [0.1, 0.15) is 30.5 Å². The van der Waals surface area contributed by atoms with Crippen LogP contribution in [0.1, 0.15) is 24.6 Å². The minimum atomic E-state index is -0.410. The molecule has 0 aliphatic carbocycles. The molecule has 0 fully saturated rings. The first-order valence-electron chi connectivity index (χ1n) is 8.48. The summed E-state index contributed by atoms with van der Waals surface area (Å²) in [5, 5.41) is 13.8. The number of hydrogen-bond donors (Lipinski definition) is 1. The van der Waals surface area contributed by atoms with Crippen molar-refractivity contribution in [2.45, 2.75) is 26.0 Å². The van der Waals surface area contributed by atoms with Gasteiger partial charge in [-0.2, -0.15) is 9.23 Å². The van der Waals surface area contributed by atoms with Gasteiger partial charge >= 0.3 is 5.49 Å². The molecule has 144 valence electrons. The lowest BCUT2D eigenvalue weighted by Gasteiger charge is -2.14. The van der Waals surface area contributed by atoms with Gasteiger partial charge in [-0.25, -0.2) is 4.98 Å². The highest BCUT2D eigenvalue weighted by atomic mass is 35.5. The number of benzene rings is 1. The molecule has 1 aliphatic rings. The monoisotopic (exact) mass is 420 g/mol. The lowest BCUT2D eigenvalue weighted by atomic mass is 10.2. The molecule has 0 radical (unpaired) electrons. The highest BCUT2D eigenvalue weighted by Crippen LogP contribution is 2.36. The van der Waals surface area contributed by atoms with Crippen LogP contribution in [-0.4, -0.2) is 32.9 Å². The normalized spacial score (nSPS) is 16.2. The van der Waals surface area contributed by atoms with Gasteiger partial charge in [0.2, 0.25) is 5.82 Å². The van der Waals surface area contributed by atoms with Gasteiger partial charge in [0, 0.05) is 11.6 Å². The van der Waals surface area contributed by atoms with E-state index in [1.165, 1.54) is 0 Å². The Hall–Kier alpha value is -2.55. The van der Waals surface area contributed by atoms with E-state index in [0.29, 0.717) is 38.6 Å². The average Bonchev–Trinajstić information content (AvgIpc) is 3.30. The Morgan fingerprint density at radius 2 is 2.14 bits per heavy atom. The Labute approximate surface area is 169 Å². The number of nitrogens with zero attached hydrogens (tertiary/aromatic N) is 5. The third-order valence-electron chi connectivity index (χ3n) is 4.09. The van der Waals surface area contributed by atoms with E-state index in [-0.39, 0.29) is 6.61 Å². The van der Waals surface area contributed by atoms with E-state index in [0.717, 1.165) is 5.69 Å². The van der Waals surface area contributed by atoms with Gasteiger partial charge in [-0.1, -0.05) is 33.4 Å². The molecule has 1 N–H and O–H groups in total. The van der Waals surface area contributed by atoms with Crippen molar-refractivity contribution in [2.24, 2.45) is 4.99 Å². The van der Waals surface area contributed by atoms with Crippen LogP contribution in [0.15, 0.2) is 34.0 Å². The van der Waals surface area contributed by atoms with Crippen LogP contribution in [0.2, 0.25) is 10.0 Å². The fourth-order valence-electron chi connectivity index (χ4n) is 2.70. The van der Waals surface area contributed by atoms with Crippen molar-refractivity contribution < 1.29 is 18.6 Å². The summed E-state index contributed by atoms with van der Waals surface area (Å²) >= 11 is 12.6. The second-order valence-electron chi connectivity index (χ2n) is 6.35. The molecule has 0 bridgehead atoms. The van der Waals surface area contributed by atoms with E-state index in [9.17, 15) is 0 Å². The van der Waals surface area contributed by atoms with Crippen molar-refractivity contribution >= 4 is 23.2 Å². The van der Waals surface area contributed by atoms with Crippen LogP contribution < -0.4 is 14.5 Å². The van der Waals surface area contributed by atoms with Gasteiger partial charge in [-0.3, -0.25) is 0 Å². The van der Waals surface area contributed by atoms with Crippen molar-refractivity contribution in [1.29, 1.82) is 0 Å². The summed E-state index contributed by atoms with van der Waals surface area (Å²) < 4.78 is 12.8. The lowest BCUT2D eigenvalue weighted by Crippen LogP contribution is -2.34. The number of aromatic nitrogens is 4. The van der Waals surface area contributed by atoms with Crippen LogP contribution in [0, 0.1) is 13.1 Å². The number of aryl methyl sites for hydroxylation is 1. The largest absolute Gasteiger partial charge is 0.487 e. The summed E-state index contributed by atoms with van der Waals surface area (Å²) in [6.07, 6.45) is 5.02. The lowest BCUT2D eigenvalue weighted by molar-refractivity contribution is -0.524. The first-order chi connectivity index (χ1) is 13.4. The molecule has 2 aromatic heterocycles. The molecule has 28 heavy (non-hydrogen) atoms. The van der Waals surface area contributed by atoms with E-state index in [1.807, 2.05) is 23.6 Å². The van der Waals surface area contributed by atoms with Crippen LogP contribution in [0.25, 0.3) is 11.4 Å². The van der Waals surface area contributed by atoms with Gasteiger partial charge < -0.3 is 14.4 Å². The summed E-state index contributed by atoms with van der Waals surface area (Å²) in [7, 11) is 0. The summed E-state index contributed by atoms with van der Waals surface area (Å²) in [6, 6.07) is 2.75. The zero-order valence-electron chi connectivity index (χ0n) is 15.0. The minimum Gasteiger partial charge on any atom is -0.487 e. The van der Waals surface area contributed by atoms with Gasteiger partial charge in [-0.15, -0.1) is 0 Å². The number of hydrogen-bond acceptors (Lipinski definition) is 7. The maximum absolute atomic E-state index is 9.12. The maximum atomic E-state index is 9.12. The third-order valence-corrected chi connectivity index (χ3v) is 4.70. The SMILES string of the molecule is Cc1c[n+]2c(cn1)=NC(c1nc(-c3cc(Cl)c(O[C@@H](C)CO)cc3Cl)no1)C=2. The van der Waals surface area contributed by atoms with Crippen LogP contribution in [0.3, 0.4) is 0 Å². The van der Waals surface area contributed by atoms with Crippen molar-refractivity contribution in [2.75, 3.05) is 6.61 Å². The standard InChI is InChI=1S/C18H16Cl2N5O3/c1-9-6-25-7-14(22-16(25)5-21-9)18-23-17(24-28-18)11-3-13(20)15(4-12(11)19)27-10(2)8-26/h3-7,10,14,26H,8H2,1-2H3/q+1/t10-,14?/m0/s1. The fraction of sp³-hybridized carbons (Fsp3) is 0.278. The number of fused-ring (bicyclic) bond motifs is 1. The molecule has 0 spiro atoms. The minimum absolute atomic E-state index is 0.138. The quantitative estimate of drug-likeness (QED) is 0.634. The molecule has 1 aliphatic heterocycles. The summed E-state index contributed by atoms with van der Waals surface area (Å²) in [5.74, 6) is 0.995. The summed E-state index contributed by atoms with van der Waals surface area (Å²) in [4.78, 5) is 13.2. The molecule has 2 atom stereocenters. The third kappa shape index (κ3) is 3.58. The maximum Gasteiger partial charge on any atom is 0.341 e. The molecule has 4 rings (SSSR count). The Morgan fingerprint density at radius 3 is 2.93 bits per heavy atom. The van der Waals surface area contributed by atoms with E-state index >= 15 is 0 Å². The Morgan fingerprint density at radius 1 is 1.32 bits per heavy atom. The highest BCUT2D eigenvalue weighted by molar-refractivity contribution is 6.36. The van der Waals surface area contributed by atoms with Crippen molar-refractivity contribution in [3.05, 3.63) is 57.9 Å². The van der Waals surface area contributed by atoms with Crippen LogP contribution in [-0.2, 0) is 0 Å². The zero-order chi connectivity index (χ0) is 19.8. The van der Waals surface area contributed by atoms with Crippen molar-refractivity contribution in [3.8, 4) is 17.1 Å². The molecule has 0 saturated heterocycles.